The van der Waals surface area contributed by atoms with E-state index in [1.165, 1.54) is 0 Å². The van der Waals surface area contributed by atoms with Crippen molar-refractivity contribution in [3.63, 3.8) is 0 Å². The molecule has 0 aliphatic heterocycles. The third-order valence-electron chi connectivity index (χ3n) is 1.82. The van der Waals surface area contributed by atoms with Crippen LogP contribution in [-0.2, 0) is 11.2 Å². The number of hydrogen-bond donors (Lipinski definition) is 2. The molecule has 0 aliphatic rings. The maximum atomic E-state index is 10.6. The number of rotatable bonds is 3. The average Bonchev–Trinajstić information content (AvgIpc) is 2.13. The summed E-state index contributed by atoms with van der Waals surface area (Å²) in [7, 11) is 0. The number of aliphatic carboxylic acids is 1. The quantitative estimate of drug-likeness (QED) is 0.818. The van der Waals surface area contributed by atoms with E-state index in [2.05, 4.69) is 31.9 Å². The van der Waals surface area contributed by atoms with Gasteiger partial charge in [0.2, 0.25) is 0 Å². The highest BCUT2D eigenvalue weighted by Gasteiger charge is 2.14. The third-order valence-corrected chi connectivity index (χ3v) is 3.93. The summed E-state index contributed by atoms with van der Waals surface area (Å²) in [6.45, 7) is 0. The largest absolute Gasteiger partial charge is 0.480 e. The van der Waals surface area contributed by atoms with Crippen molar-refractivity contribution >= 4 is 49.4 Å². The molecule has 0 heterocycles. The molecule has 1 atom stereocenters. The Labute approximate surface area is 109 Å². The standard InChI is InChI=1S/C9H8Br2ClNO2/c10-5-1-4(2-6(11)8(5)12)3-7(13)9(14)15/h1-2,7H,3,13H2,(H,14,15)/t7-/m0/s1. The van der Waals surface area contributed by atoms with Gasteiger partial charge in [-0.1, -0.05) is 11.6 Å². The van der Waals surface area contributed by atoms with Gasteiger partial charge in [0, 0.05) is 8.95 Å². The van der Waals surface area contributed by atoms with Crippen LogP contribution in [0.5, 0.6) is 0 Å². The summed E-state index contributed by atoms with van der Waals surface area (Å²) in [5.41, 5.74) is 6.24. The number of hydrogen-bond acceptors (Lipinski definition) is 2. The molecule has 0 spiro atoms. The normalized spacial score (nSPS) is 12.5. The van der Waals surface area contributed by atoms with Crippen molar-refractivity contribution in [2.45, 2.75) is 12.5 Å². The molecule has 0 unspecified atom stereocenters. The Hall–Kier alpha value is -0.100. The summed E-state index contributed by atoms with van der Waals surface area (Å²) < 4.78 is 1.43. The highest BCUT2D eigenvalue weighted by Crippen LogP contribution is 2.32. The first kappa shape index (κ1) is 13.0. The van der Waals surface area contributed by atoms with Crippen molar-refractivity contribution in [3.05, 3.63) is 31.7 Å². The molecule has 15 heavy (non-hydrogen) atoms. The van der Waals surface area contributed by atoms with Gasteiger partial charge in [0.05, 0.1) is 5.02 Å². The van der Waals surface area contributed by atoms with Gasteiger partial charge in [-0.05, 0) is 56.0 Å². The average molecular weight is 357 g/mol. The van der Waals surface area contributed by atoms with Crippen LogP contribution in [0.4, 0.5) is 0 Å². The summed E-state index contributed by atoms with van der Waals surface area (Å²) in [6.07, 6.45) is 0.268. The van der Waals surface area contributed by atoms with E-state index in [9.17, 15) is 4.79 Å². The molecule has 6 heteroatoms. The van der Waals surface area contributed by atoms with Crippen molar-refractivity contribution in [2.75, 3.05) is 0 Å². The van der Waals surface area contributed by atoms with Crippen LogP contribution in [0, 0.1) is 0 Å². The van der Waals surface area contributed by atoms with Crippen LogP contribution in [0.2, 0.25) is 5.02 Å². The molecule has 0 aliphatic carbocycles. The first-order chi connectivity index (χ1) is 6.91. The Morgan fingerprint density at radius 3 is 2.33 bits per heavy atom. The van der Waals surface area contributed by atoms with E-state index in [1.807, 2.05) is 0 Å². The van der Waals surface area contributed by atoms with E-state index in [4.69, 9.17) is 22.4 Å². The van der Waals surface area contributed by atoms with Crippen LogP contribution in [0.1, 0.15) is 5.56 Å². The molecule has 3 N–H and O–H groups in total. The lowest BCUT2D eigenvalue weighted by Crippen LogP contribution is -2.32. The van der Waals surface area contributed by atoms with Gasteiger partial charge in [0.1, 0.15) is 6.04 Å². The Balaban J connectivity index is 2.92. The van der Waals surface area contributed by atoms with E-state index in [-0.39, 0.29) is 6.42 Å². The van der Waals surface area contributed by atoms with Crippen LogP contribution in [0.15, 0.2) is 21.1 Å². The lowest BCUT2D eigenvalue weighted by atomic mass is 10.1. The molecular formula is C9H8Br2ClNO2. The number of halogens is 3. The second-order valence-corrected chi connectivity index (χ2v) is 5.11. The number of carboxylic acid groups (broad SMARTS) is 1. The van der Waals surface area contributed by atoms with Gasteiger partial charge in [-0.3, -0.25) is 4.79 Å². The molecule has 1 rings (SSSR count). The monoisotopic (exact) mass is 355 g/mol. The minimum atomic E-state index is -1.02. The minimum Gasteiger partial charge on any atom is -0.480 e. The summed E-state index contributed by atoms with van der Waals surface area (Å²) in [6, 6.07) is 2.62. The molecule has 3 nitrogen and oxygen atoms in total. The van der Waals surface area contributed by atoms with Crippen LogP contribution in [0.3, 0.4) is 0 Å². The molecule has 1 aromatic rings. The summed E-state index contributed by atoms with van der Waals surface area (Å²) in [5, 5.41) is 9.22. The second kappa shape index (κ2) is 5.30. The van der Waals surface area contributed by atoms with Gasteiger partial charge in [0.15, 0.2) is 0 Å². The Bertz CT molecular complexity index is 375. The van der Waals surface area contributed by atoms with Gasteiger partial charge in [0.25, 0.3) is 0 Å². The van der Waals surface area contributed by atoms with Crippen molar-refractivity contribution in [1.29, 1.82) is 0 Å². The second-order valence-electron chi connectivity index (χ2n) is 3.02. The van der Waals surface area contributed by atoms with Crippen molar-refractivity contribution in [1.82, 2.24) is 0 Å². The van der Waals surface area contributed by atoms with Gasteiger partial charge in [-0.2, -0.15) is 0 Å². The van der Waals surface area contributed by atoms with Gasteiger partial charge >= 0.3 is 5.97 Å². The van der Waals surface area contributed by atoms with Crippen LogP contribution < -0.4 is 5.73 Å². The van der Waals surface area contributed by atoms with E-state index in [0.717, 1.165) is 5.56 Å². The first-order valence-electron chi connectivity index (χ1n) is 4.03. The number of benzene rings is 1. The molecule has 0 saturated heterocycles. The zero-order valence-corrected chi connectivity index (χ0v) is 11.4. The van der Waals surface area contributed by atoms with Crippen LogP contribution in [-0.4, -0.2) is 17.1 Å². The highest BCUT2D eigenvalue weighted by atomic mass is 79.9. The van der Waals surface area contributed by atoms with E-state index in [0.29, 0.717) is 14.0 Å². The zero-order chi connectivity index (χ0) is 11.6. The minimum absolute atomic E-state index is 0.268. The van der Waals surface area contributed by atoms with Crippen molar-refractivity contribution in [3.8, 4) is 0 Å². The van der Waals surface area contributed by atoms with E-state index in [1.54, 1.807) is 12.1 Å². The number of nitrogens with two attached hydrogens (primary N) is 1. The Kier molecular flexibility index (Phi) is 4.58. The summed E-state index contributed by atoms with van der Waals surface area (Å²) in [4.78, 5) is 10.6. The predicted octanol–water partition coefficient (Wildman–Crippen LogP) is 2.82. The lowest BCUT2D eigenvalue weighted by Gasteiger charge is -2.08. The molecule has 0 radical (unpaired) electrons. The molecular weight excluding hydrogens is 349 g/mol. The SMILES string of the molecule is N[C@@H](Cc1cc(Br)c(Cl)c(Br)c1)C(=O)O. The first-order valence-corrected chi connectivity index (χ1v) is 6.00. The molecule has 0 fully saturated rings. The highest BCUT2D eigenvalue weighted by molar-refractivity contribution is 9.11. The Morgan fingerprint density at radius 1 is 1.47 bits per heavy atom. The van der Waals surface area contributed by atoms with Crippen LogP contribution in [0.25, 0.3) is 0 Å². The van der Waals surface area contributed by atoms with E-state index < -0.39 is 12.0 Å². The molecule has 82 valence electrons. The lowest BCUT2D eigenvalue weighted by molar-refractivity contribution is -0.138. The molecule has 1 aromatic carbocycles. The Morgan fingerprint density at radius 2 is 1.93 bits per heavy atom. The van der Waals surface area contributed by atoms with Gasteiger partial charge < -0.3 is 10.8 Å². The predicted molar refractivity (Wildman–Crippen MR) is 66.2 cm³/mol. The fourth-order valence-corrected chi connectivity index (χ4v) is 2.46. The number of carboxylic acids is 1. The van der Waals surface area contributed by atoms with Gasteiger partial charge in [-0.15, -0.1) is 0 Å². The molecule has 0 amide bonds. The molecule has 0 bridgehead atoms. The molecule has 0 aromatic heterocycles. The van der Waals surface area contributed by atoms with Crippen LogP contribution >= 0.6 is 43.5 Å². The summed E-state index contributed by atoms with van der Waals surface area (Å²) in [5.74, 6) is -1.02. The summed E-state index contributed by atoms with van der Waals surface area (Å²) >= 11 is 12.5. The number of carbonyl (C=O) groups is 1. The van der Waals surface area contributed by atoms with Crippen molar-refractivity contribution < 1.29 is 9.90 Å². The molecule has 0 saturated carbocycles. The van der Waals surface area contributed by atoms with Gasteiger partial charge in [-0.25, -0.2) is 0 Å². The topological polar surface area (TPSA) is 63.3 Å². The third kappa shape index (κ3) is 3.45. The smallest absolute Gasteiger partial charge is 0.320 e. The van der Waals surface area contributed by atoms with E-state index >= 15 is 0 Å². The van der Waals surface area contributed by atoms with Crippen molar-refractivity contribution in [2.24, 2.45) is 5.73 Å². The fraction of sp³-hybridized carbons (Fsp3) is 0.222. The fourth-order valence-electron chi connectivity index (χ4n) is 1.07. The maximum Gasteiger partial charge on any atom is 0.320 e. The zero-order valence-electron chi connectivity index (χ0n) is 7.51. The maximum absolute atomic E-state index is 10.6.